The molecule has 2 aliphatic heterocycles. The van der Waals surface area contributed by atoms with Gasteiger partial charge in [0, 0.05) is 30.0 Å². The molecule has 9 heteroatoms. The third kappa shape index (κ3) is 3.59. The van der Waals surface area contributed by atoms with Crippen molar-refractivity contribution in [2.45, 2.75) is 38.2 Å². The predicted octanol–water partition coefficient (Wildman–Crippen LogP) is 2.29. The van der Waals surface area contributed by atoms with Crippen LogP contribution in [0.15, 0.2) is 16.8 Å². The number of amides is 1. The van der Waals surface area contributed by atoms with Crippen LogP contribution in [0.4, 0.5) is 5.82 Å². The smallest absolute Gasteiger partial charge is 0.259 e. The average molecular weight is 399 g/mol. The maximum Gasteiger partial charge on any atom is 0.259 e. The summed E-state index contributed by atoms with van der Waals surface area (Å²) in [6.07, 6.45) is 6.17. The van der Waals surface area contributed by atoms with Gasteiger partial charge in [-0.2, -0.15) is 4.36 Å². The molecule has 0 bridgehead atoms. The van der Waals surface area contributed by atoms with E-state index in [1.54, 1.807) is 6.20 Å². The van der Waals surface area contributed by atoms with Gasteiger partial charge in [-0.15, -0.1) is 0 Å². The number of ether oxygens (including phenoxy) is 1. The van der Waals surface area contributed by atoms with Crippen molar-refractivity contribution in [3.05, 3.63) is 17.5 Å². The molecule has 3 heterocycles. The van der Waals surface area contributed by atoms with Crippen molar-refractivity contribution in [2.75, 3.05) is 36.1 Å². The van der Waals surface area contributed by atoms with Gasteiger partial charge >= 0.3 is 0 Å². The average Bonchev–Trinajstić information content (AvgIpc) is 3.38. The molecule has 26 heavy (non-hydrogen) atoms. The first kappa shape index (κ1) is 18.1. The molecule has 0 N–H and O–H groups in total. The molecule has 0 unspecified atom stereocenters. The van der Waals surface area contributed by atoms with E-state index in [2.05, 4.69) is 19.2 Å². The molecule has 1 aromatic rings. The number of aromatic nitrogens is 2. The minimum atomic E-state index is -2.47. The standard InChI is InChI=1S/C17H23ClN4O3S/c1-16(2-3-16)15(23)21-26(24)8-4-17(5-9-26)12-22(6-7-25-17)14-11-19-10-13(18)20-14/h10-11H,2-9,12H2,1H3. The second kappa shape index (κ2) is 6.42. The molecule has 1 saturated carbocycles. The fourth-order valence-electron chi connectivity index (χ4n) is 3.50. The normalized spacial score (nSPS) is 33.1. The zero-order chi connectivity index (χ0) is 18.4. The van der Waals surface area contributed by atoms with Gasteiger partial charge in [0.25, 0.3) is 5.91 Å². The van der Waals surface area contributed by atoms with Crippen LogP contribution in [0.25, 0.3) is 0 Å². The van der Waals surface area contributed by atoms with Crippen molar-refractivity contribution in [2.24, 2.45) is 9.78 Å². The number of hydrogen-bond acceptors (Lipinski definition) is 6. The summed E-state index contributed by atoms with van der Waals surface area (Å²) in [4.78, 5) is 22.8. The lowest BCUT2D eigenvalue weighted by molar-refractivity contribution is -0.122. The Morgan fingerprint density at radius 3 is 2.69 bits per heavy atom. The molecule has 3 aliphatic rings. The summed E-state index contributed by atoms with van der Waals surface area (Å²) < 4.78 is 23.3. The number of carbonyl (C=O) groups excluding carboxylic acids is 1. The van der Waals surface area contributed by atoms with Gasteiger partial charge in [-0.05, 0) is 25.7 Å². The predicted molar refractivity (Wildman–Crippen MR) is 99.8 cm³/mol. The van der Waals surface area contributed by atoms with Gasteiger partial charge in [0.1, 0.15) is 11.0 Å². The van der Waals surface area contributed by atoms with Crippen molar-refractivity contribution in [3.63, 3.8) is 0 Å². The SMILES string of the molecule is CC1(C(=O)N=S2(=O)CCC3(CC2)CN(c2cncc(Cl)n2)CCO3)CC1. The van der Waals surface area contributed by atoms with Crippen LogP contribution in [-0.2, 0) is 19.3 Å². The lowest BCUT2D eigenvalue weighted by atomic mass is 9.94. The van der Waals surface area contributed by atoms with Crippen molar-refractivity contribution < 1.29 is 13.7 Å². The van der Waals surface area contributed by atoms with E-state index in [0.29, 0.717) is 49.2 Å². The second-order valence-electron chi connectivity index (χ2n) is 7.79. The largest absolute Gasteiger partial charge is 0.371 e. The summed E-state index contributed by atoms with van der Waals surface area (Å²) >= 11 is 5.96. The summed E-state index contributed by atoms with van der Waals surface area (Å²) in [7, 11) is -2.47. The van der Waals surface area contributed by atoms with Crippen molar-refractivity contribution >= 4 is 33.1 Å². The fourth-order valence-corrected chi connectivity index (χ4v) is 5.93. The maximum atomic E-state index is 13.0. The summed E-state index contributed by atoms with van der Waals surface area (Å²) in [6, 6.07) is 0. The molecule has 1 aliphatic carbocycles. The van der Waals surface area contributed by atoms with Crippen LogP contribution in [0.3, 0.4) is 0 Å². The van der Waals surface area contributed by atoms with Crippen molar-refractivity contribution in [1.29, 1.82) is 0 Å². The Hall–Kier alpha value is -1.25. The number of carbonyl (C=O) groups is 1. The van der Waals surface area contributed by atoms with Crippen molar-refractivity contribution in [1.82, 2.24) is 9.97 Å². The Labute approximate surface area is 158 Å². The van der Waals surface area contributed by atoms with Gasteiger partial charge in [-0.3, -0.25) is 9.78 Å². The Morgan fingerprint density at radius 1 is 1.31 bits per heavy atom. The minimum Gasteiger partial charge on any atom is -0.371 e. The van der Waals surface area contributed by atoms with E-state index in [4.69, 9.17) is 16.3 Å². The van der Waals surface area contributed by atoms with E-state index in [0.717, 1.165) is 18.7 Å². The first-order chi connectivity index (χ1) is 12.3. The Kier molecular flexibility index (Phi) is 4.48. The molecule has 1 amide bonds. The van der Waals surface area contributed by atoms with Gasteiger partial charge in [-0.1, -0.05) is 18.5 Å². The van der Waals surface area contributed by atoms with E-state index < -0.39 is 9.73 Å². The molecule has 0 atom stereocenters. The number of morpholine rings is 1. The van der Waals surface area contributed by atoms with Crippen LogP contribution in [0, 0.1) is 5.41 Å². The highest BCUT2D eigenvalue weighted by atomic mass is 35.5. The van der Waals surface area contributed by atoms with Crippen LogP contribution in [0.2, 0.25) is 5.15 Å². The highest BCUT2D eigenvalue weighted by Crippen LogP contribution is 2.46. The van der Waals surface area contributed by atoms with Gasteiger partial charge in [0.2, 0.25) is 0 Å². The van der Waals surface area contributed by atoms with Crippen molar-refractivity contribution in [3.8, 4) is 0 Å². The fraction of sp³-hybridized carbons (Fsp3) is 0.706. The van der Waals surface area contributed by atoms with Gasteiger partial charge in [0.15, 0.2) is 0 Å². The van der Waals surface area contributed by atoms with Crippen LogP contribution < -0.4 is 4.90 Å². The number of hydrogen-bond donors (Lipinski definition) is 0. The second-order valence-corrected chi connectivity index (χ2v) is 10.7. The van der Waals surface area contributed by atoms with Crippen LogP contribution in [0.1, 0.15) is 32.6 Å². The van der Waals surface area contributed by atoms with E-state index >= 15 is 0 Å². The quantitative estimate of drug-likeness (QED) is 0.759. The number of nitrogens with zero attached hydrogens (tertiary/aromatic N) is 4. The minimum absolute atomic E-state index is 0.182. The Bertz CT molecular complexity index is 834. The molecule has 1 spiro atoms. The number of anilines is 1. The molecule has 0 aromatic carbocycles. The lowest BCUT2D eigenvalue weighted by Crippen LogP contribution is -2.55. The van der Waals surface area contributed by atoms with Gasteiger partial charge in [0.05, 0.1) is 34.3 Å². The van der Waals surface area contributed by atoms with Gasteiger partial charge < -0.3 is 9.64 Å². The zero-order valence-corrected chi connectivity index (χ0v) is 16.4. The molecule has 1 aromatic heterocycles. The maximum absolute atomic E-state index is 13.0. The summed E-state index contributed by atoms with van der Waals surface area (Å²) in [5, 5.41) is 0.362. The first-order valence-corrected chi connectivity index (χ1v) is 11.2. The highest BCUT2D eigenvalue weighted by Gasteiger charge is 2.47. The molecule has 7 nitrogen and oxygen atoms in total. The number of rotatable bonds is 2. The van der Waals surface area contributed by atoms with Crippen LogP contribution in [-0.4, -0.2) is 56.9 Å². The Balaban J connectivity index is 1.47. The molecule has 4 rings (SSSR count). The number of halogens is 1. The summed E-state index contributed by atoms with van der Waals surface area (Å²) in [6.45, 7) is 3.85. The van der Waals surface area contributed by atoms with Crippen LogP contribution >= 0.6 is 11.6 Å². The lowest BCUT2D eigenvalue weighted by Gasteiger charge is -2.45. The molecular weight excluding hydrogens is 376 g/mol. The van der Waals surface area contributed by atoms with E-state index in [-0.39, 0.29) is 16.9 Å². The first-order valence-electron chi connectivity index (χ1n) is 8.95. The molecule has 142 valence electrons. The van der Waals surface area contributed by atoms with E-state index in [1.165, 1.54) is 6.20 Å². The zero-order valence-electron chi connectivity index (χ0n) is 14.8. The third-order valence-electron chi connectivity index (χ3n) is 5.68. The molecule has 2 saturated heterocycles. The van der Waals surface area contributed by atoms with E-state index in [9.17, 15) is 9.00 Å². The van der Waals surface area contributed by atoms with Crippen LogP contribution in [0.5, 0.6) is 0 Å². The molecule has 3 fully saturated rings. The topological polar surface area (TPSA) is 84.8 Å². The van der Waals surface area contributed by atoms with Gasteiger partial charge in [-0.25, -0.2) is 9.19 Å². The third-order valence-corrected chi connectivity index (χ3v) is 8.05. The highest BCUT2D eigenvalue weighted by molar-refractivity contribution is 7.93. The summed E-state index contributed by atoms with van der Waals surface area (Å²) in [5.41, 5.74) is -0.728. The Morgan fingerprint density at radius 2 is 2.04 bits per heavy atom. The summed E-state index contributed by atoms with van der Waals surface area (Å²) in [5.74, 6) is 1.36. The van der Waals surface area contributed by atoms with E-state index in [1.807, 2.05) is 6.92 Å². The molecule has 0 radical (unpaired) electrons. The monoisotopic (exact) mass is 398 g/mol. The molecular formula is C17H23ClN4O3S.